The topological polar surface area (TPSA) is 128 Å². The van der Waals surface area contributed by atoms with Crippen LogP contribution in [0.3, 0.4) is 0 Å². The van der Waals surface area contributed by atoms with E-state index in [1.54, 1.807) is 0 Å². The predicted molar refractivity (Wildman–Crippen MR) is 133 cm³/mol. The molecule has 162 valence electrons. The second kappa shape index (κ2) is 10.3. The molecule has 4 aromatic rings. The van der Waals surface area contributed by atoms with Gasteiger partial charge in [-0.2, -0.15) is 21.9 Å². The number of nitrogens with two attached hydrogens (primary N) is 1. The summed E-state index contributed by atoms with van der Waals surface area (Å²) in [6, 6.07) is 15.8. The lowest BCUT2D eigenvalue weighted by atomic mass is 9.99. The monoisotopic (exact) mass is 488 g/mol. The molecule has 3 heterocycles. The normalized spacial score (nSPS) is 10.4. The van der Waals surface area contributed by atoms with Crippen molar-refractivity contribution in [1.82, 2.24) is 9.97 Å². The first kappa shape index (κ1) is 22.5. The van der Waals surface area contributed by atoms with Crippen molar-refractivity contribution in [3.8, 4) is 34.5 Å². The van der Waals surface area contributed by atoms with E-state index in [1.165, 1.54) is 34.4 Å². The molecule has 1 aromatic carbocycles. The van der Waals surface area contributed by atoms with Gasteiger partial charge in [0.1, 0.15) is 28.5 Å². The number of nitrogen functional groups attached to an aromatic ring is 1. The molecule has 4 rings (SSSR count). The summed E-state index contributed by atoms with van der Waals surface area (Å²) in [5, 5.41) is 28.7. The average Bonchev–Trinajstić information content (AvgIpc) is 3.52. The van der Waals surface area contributed by atoms with Crippen molar-refractivity contribution >= 4 is 51.3 Å². The number of anilines is 2. The number of amides is 1. The zero-order valence-corrected chi connectivity index (χ0v) is 19.6. The van der Waals surface area contributed by atoms with Crippen LogP contribution in [0.5, 0.6) is 0 Å². The molecule has 3 aromatic heterocycles. The van der Waals surface area contributed by atoms with E-state index < -0.39 is 0 Å². The number of hydrogen-bond donors (Lipinski definition) is 2. The highest BCUT2D eigenvalue weighted by Gasteiger charge is 2.21. The number of hydrogen-bond acceptors (Lipinski definition) is 9. The number of carbonyl (C=O) groups excluding carboxylic acids is 1. The van der Waals surface area contributed by atoms with E-state index in [4.69, 9.17) is 5.73 Å². The van der Waals surface area contributed by atoms with Crippen molar-refractivity contribution in [3.05, 3.63) is 63.7 Å². The zero-order valence-electron chi connectivity index (χ0n) is 17.1. The Morgan fingerprint density at radius 2 is 1.85 bits per heavy atom. The quantitative estimate of drug-likeness (QED) is 0.334. The first-order valence-electron chi connectivity index (χ1n) is 9.70. The molecule has 0 bridgehead atoms. The third-order valence-electron chi connectivity index (χ3n) is 4.61. The number of carbonyl (C=O) groups is 1. The van der Waals surface area contributed by atoms with Crippen LogP contribution in [0, 0.1) is 22.7 Å². The molecular weight excluding hydrogens is 472 g/mol. The first-order valence-corrected chi connectivity index (χ1v) is 12.5. The number of pyridine rings is 1. The maximum atomic E-state index is 12.4. The van der Waals surface area contributed by atoms with Crippen LogP contribution in [0.1, 0.15) is 17.5 Å². The number of nitriles is 2. The molecule has 0 aliphatic carbocycles. The van der Waals surface area contributed by atoms with Crippen molar-refractivity contribution in [1.29, 1.82) is 10.5 Å². The molecule has 1 amide bonds. The van der Waals surface area contributed by atoms with Crippen LogP contribution in [0.4, 0.5) is 10.9 Å². The molecule has 0 radical (unpaired) electrons. The molecule has 33 heavy (non-hydrogen) atoms. The van der Waals surface area contributed by atoms with Gasteiger partial charge >= 0.3 is 0 Å². The van der Waals surface area contributed by atoms with E-state index in [9.17, 15) is 15.3 Å². The Balaban J connectivity index is 1.44. The van der Waals surface area contributed by atoms with Crippen LogP contribution in [-0.2, 0) is 4.79 Å². The molecule has 0 atom stereocenters. The van der Waals surface area contributed by atoms with Gasteiger partial charge in [0.05, 0.1) is 11.3 Å². The summed E-state index contributed by atoms with van der Waals surface area (Å²) in [6.07, 6.45) is 0.200. The van der Waals surface area contributed by atoms with Gasteiger partial charge in [-0.05, 0) is 22.4 Å². The molecule has 3 N–H and O–H groups in total. The van der Waals surface area contributed by atoms with Gasteiger partial charge in [0, 0.05) is 28.7 Å². The van der Waals surface area contributed by atoms with Gasteiger partial charge in [-0.1, -0.05) is 30.3 Å². The summed E-state index contributed by atoms with van der Waals surface area (Å²) in [5.74, 6) is 0.272. The van der Waals surface area contributed by atoms with Gasteiger partial charge < -0.3 is 11.1 Å². The summed E-state index contributed by atoms with van der Waals surface area (Å²) >= 11 is 4.09. The van der Waals surface area contributed by atoms with E-state index >= 15 is 0 Å². The van der Waals surface area contributed by atoms with Crippen molar-refractivity contribution in [2.75, 3.05) is 16.8 Å². The first-order chi connectivity index (χ1) is 16.1. The molecule has 0 unspecified atom stereocenters. The van der Waals surface area contributed by atoms with Gasteiger partial charge in [0.15, 0.2) is 5.13 Å². The summed E-state index contributed by atoms with van der Waals surface area (Å²) < 4.78 is 0. The number of rotatable bonds is 7. The van der Waals surface area contributed by atoms with Crippen LogP contribution >= 0.6 is 34.4 Å². The Kier molecular flexibility index (Phi) is 7.01. The number of benzene rings is 1. The van der Waals surface area contributed by atoms with E-state index in [1.807, 2.05) is 52.5 Å². The third kappa shape index (κ3) is 5.04. The standard InChI is InChI=1S/C23H16N6OS3/c24-10-16-20(15-6-8-31-12-15)17(11-25)22(29-21(16)26)32-9-7-19(30)28-23-27-18(13-33-23)14-4-2-1-3-5-14/h1-6,8,12-13H,7,9H2,(H2,26,29)(H,27,28,30). The molecule has 0 saturated heterocycles. The van der Waals surface area contributed by atoms with Gasteiger partial charge in [-0.15, -0.1) is 23.1 Å². The fourth-order valence-electron chi connectivity index (χ4n) is 3.09. The SMILES string of the molecule is N#Cc1c(N)nc(SCCC(=O)Nc2nc(-c3ccccc3)cs2)c(C#N)c1-c1ccsc1. The molecule has 0 fully saturated rings. The number of thiophene rings is 1. The van der Waals surface area contributed by atoms with Crippen LogP contribution in [0.15, 0.2) is 57.6 Å². The smallest absolute Gasteiger partial charge is 0.226 e. The Morgan fingerprint density at radius 3 is 2.55 bits per heavy atom. The Labute approximate surface area is 202 Å². The lowest BCUT2D eigenvalue weighted by Gasteiger charge is -2.11. The highest BCUT2D eigenvalue weighted by molar-refractivity contribution is 7.99. The molecule has 0 saturated carbocycles. The van der Waals surface area contributed by atoms with Crippen molar-refractivity contribution in [3.63, 3.8) is 0 Å². The van der Waals surface area contributed by atoms with Crippen LogP contribution in [-0.4, -0.2) is 21.6 Å². The lowest BCUT2D eigenvalue weighted by Crippen LogP contribution is -2.12. The maximum absolute atomic E-state index is 12.4. The summed E-state index contributed by atoms with van der Waals surface area (Å²) in [5.41, 5.74) is 9.51. The van der Waals surface area contributed by atoms with E-state index in [-0.39, 0.29) is 29.3 Å². The summed E-state index contributed by atoms with van der Waals surface area (Å²) in [6.45, 7) is 0. The van der Waals surface area contributed by atoms with Crippen LogP contribution in [0.25, 0.3) is 22.4 Å². The molecular formula is C23H16N6OS3. The highest BCUT2D eigenvalue weighted by Crippen LogP contribution is 2.36. The minimum atomic E-state index is -0.186. The molecule has 7 nitrogen and oxygen atoms in total. The zero-order chi connectivity index (χ0) is 23.2. The number of nitrogens with one attached hydrogen (secondary N) is 1. The fraction of sp³-hybridized carbons (Fsp3) is 0.0870. The largest absolute Gasteiger partial charge is 0.383 e. The predicted octanol–water partition coefficient (Wildman–Crippen LogP) is 5.38. The Hall–Kier alpha value is -3.70. The number of thiazole rings is 1. The molecule has 0 spiro atoms. The van der Waals surface area contributed by atoms with Crippen molar-refractivity contribution < 1.29 is 4.79 Å². The van der Waals surface area contributed by atoms with Crippen molar-refractivity contribution in [2.45, 2.75) is 11.4 Å². The van der Waals surface area contributed by atoms with Gasteiger partial charge in [0.2, 0.25) is 5.91 Å². The third-order valence-corrected chi connectivity index (χ3v) is 7.03. The van der Waals surface area contributed by atoms with Gasteiger partial charge in [-0.3, -0.25) is 4.79 Å². The van der Waals surface area contributed by atoms with Crippen LogP contribution < -0.4 is 11.1 Å². The molecule has 0 aliphatic heterocycles. The van der Waals surface area contributed by atoms with E-state index in [2.05, 4.69) is 27.4 Å². The highest BCUT2D eigenvalue weighted by atomic mass is 32.2. The minimum Gasteiger partial charge on any atom is -0.383 e. The Morgan fingerprint density at radius 1 is 1.06 bits per heavy atom. The fourth-order valence-corrected chi connectivity index (χ4v) is 5.41. The summed E-state index contributed by atoms with van der Waals surface area (Å²) in [7, 11) is 0. The average molecular weight is 489 g/mol. The second-order valence-electron chi connectivity index (χ2n) is 6.71. The lowest BCUT2D eigenvalue weighted by molar-refractivity contribution is -0.115. The van der Waals surface area contributed by atoms with Crippen molar-refractivity contribution in [2.24, 2.45) is 0 Å². The van der Waals surface area contributed by atoms with Gasteiger partial charge in [0.25, 0.3) is 0 Å². The Bertz CT molecular complexity index is 1370. The maximum Gasteiger partial charge on any atom is 0.226 e. The van der Waals surface area contributed by atoms with E-state index in [0.29, 0.717) is 21.5 Å². The second-order valence-corrected chi connectivity index (χ2v) is 9.44. The molecule has 10 heteroatoms. The van der Waals surface area contributed by atoms with E-state index in [0.717, 1.165) is 16.8 Å². The number of aromatic nitrogens is 2. The van der Waals surface area contributed by atoms with Gasteiger partial charge in [-0.25, -0.2) is 9.97 Å². The summed E-state index contributed by atoms with van der Waals surface area (Å²) in [4.78, 5) is 21.1. The van der Waals surface area contributed by atoms with Crippen LogP contribution in [0.2, 0.25) is 0 Å². The number of nitrogens with zero attached hydrogens (tertiary/aromatic N) is 4. The minimum absolute atomic E-state index is 0.0703. The molecule has 0 aliphatic rings. The number of thioether (sulfide) groups is 1.